The molecule has 0 atom stereocenters. The Morgan fingerprint density at radius 1 is 0.767 bits per heavy atom. The summed E-state index contributed by atoms with van der Waals surface area (Å²) in [6.07, 6.45) is 0. The summed E-state index contributed by atoms with van der Waals surface area (Å²) in [7, 11) is 0. The number of carbonyl (C=O) groups is 2. The topological polar surface area (TPSA) is 84.2 Å². The zero-order valence-electron chi connectivity index (χ0n) is 16.3. The average molecular weight is 397 g/mol. The predicted molar refractivity (Wildman–Crippen MR) is 115 cm³/mol. The lowest BCUT2D eigenvalue weighted by molar-refractivity contribution is 0.101. The Hall–Kier alpha value is -4.19. The number of nitrogens with one attached hydrogen (secondary N) is 2. The Morgan fingerprint density at radius 3 is 2.03 bits per heavy atom. The lowest BCUT2D eigenvalue weighted by Crippen LogP contribution is -2.15. The molecule has 148 valence electrons. The molecule has 6 nitrogen and oxygen atoms in total. The van der Waals surface area contributed by atoms with Crippen molar-refractivity contribution in [3.63, 3.8) is 0 Å². The minimum atomic E-state index is -0.334. The highest BCUT2D eigenvalue weighted by Crippen LogP contribution is 2.26. The van der Waals surface area contributed by atoms with E-state index in [-0.39, 0.29) is 11.8 Å². The molecule has 0 saturated heterocycles. The van der Waals surface area contributed by atoms with Gasteiger partial charge in [0.1, 0.15) is 17.0 Å². The second-order valence-corrected chi connectivity index (χ2v) is 6.68. The van der Waals surface area contributed by atoms with Crippen LogP contribution < -0.4 is 10.6 Å². The van der Waals surface area contributed by atoms with Crippen molar-refractivity contribution in [1.29, 1.82) is 0 Å². The summed E-state index contributed by atoms with van der Waals surface area (Å²) in [5, 5.41) is 9.74. The maximum absolute atomic E-state index is 12.9. The Morgan fingerprint density at radius 2 is 1.37 bits per heavy atom. The number of benzene rings is 3. The quantitative estimate of drug-likeness (QED) is 0.487. The number of amides is 2. The van der Waals surface area contributed by atoms with Crippen molar-refractivity contribution < 1.29 is 14.1 Å². The molecule has 2 N–H and O–H groups in total. The van der Waals surface area contributed by atoms with Gasteiger partial charge in [0.2, 0.25) is 0 Å². The van der Waals surface area contributed by atoms with Crippen LogP contribution in [0.2, 0.25) is 0 Å². The summed E-state index contributed by atoms with van der Waals surface area (Å²) >= 11 is 0. The third kappa shape index (κ3) is 4.12. The van der Waals surface area contributed by atoms with E-state index in [2.05, 4.69) is 15.8 Å². The zero-order valence-corrected chi connectivity index (χ0v) is 16.3. The van der Waals surface area contributed by atoms with Gasteiger partial charge in [-0.05, 0) is 37.3 Å². The summed E-state index contributed by atoms with van der Waals surface area (Å²) in [4.78, 5) is 25.3. The first kappa shape index (κ1) is 19.1. The molecule has 4 aromatic rings. The molecule has 0 aliphatic carbocycles. The smallest absolute Gasteiger partial charge is 0.261 e. The molecule has 0 fully saturated rings. The molecule has 0 unspecified atom stereocenters. The molecule has 0 radical (unpaired) electrons. The van der Waals surface area contributed by atoms with Crippen LogP contribution in [0.1, 0.15) is 26.5 Å². The van der Waals surface area contributed by atoms with Crippen LogP contribution >= 0.6 is 0 Å². The standard InChI is InChI=1S/C24H19N3O3/c1-16-21(22(27-30-16)17-9-4-2-5-10-17)24(29)26-20-14-8-13-19(15-20)25-23(28)18-11-6-3-7-12-18/h2-15H,1H3,(H,25,28)(H,26,29). The molecule has 0 aliphatic heterocycles. The van der Waals surface area contributed by atoms with Crippen LogP contribution in [-0.2, 0) is 0 Å². The average Bonchev–Trinajstić information content (AvgIpc) is 3.17. The van der Waals surface area contributed by atoms with Crippen molar-refractivity contribution in [3.8, 4) is 11.3 Å². The van der Waals surface area contributed by atoms with Crippen molar-refractivity contribution in [3.05, 3.63) is 102 Å². The fourth-order valence-corrected chi connectivity index (χ4v) is 3.09. The minimum Gasteiger partial charge on any atom is -0.360 e. The van der Waals surface area contributed by atoms with Crippen LogP contribution in [-0.4, -0.2) is 17.0 Å². The molecule has 0 spiro atoms. The third-order valence-electron chi connectivity index (χ3n) is 4.55. The van der Waals surface area contributed by atoms with Crippen LogP contribution in [0.15, 0.2) is 89.5 Å². The van der Waals surface area contributed by atoms with Gasteiger partial charge in [0.05, 0.1) is 0 Å². The van der Waals surface area contributed by atoms with Crippen molar-refractivity contribution in [2.24, 2.45) is 0 Å². The van der Waals surface area contributed by atoms with Crippen LogP contribution in [0.3, 0.4) is 0 Å². The van der Waals surface area contributed by atoms with E-state index in [0.717, 1.165) is 5.56 Å². The molecule has 2 amide bonds. The third-order valence-corrected chi connectivity index (χ3v) is 4.55. The Balaban J connectivity index is 1.53. The molecule has 0 bridgehead atoms. The molecular formula is C24H19N3O3. The molecule has 6 heteroatoms. The first-order valence-electron chi connectivity index (χ1n) is 9.41. The van der Waals surface area contributed by atoms with Crippen molar-refractivity contribution >= 4 is 23.2 Å². The number of rotatable bonds is 5. The first-order valence-corrected chi connectivity index (χ1v) is 9.41. The Kier molecular flexibility index (Phi) is 5.39. The molecule has 1 heterocycles. The maximum Gasteiger partial charge on any atom is 0.261 e. The van der Waals surface area contributed by atoms with E-state index in [9.17, 15) is 9.59 Å². The van der Waals surface area contributed by atoms with Gasteiger partial charge in [-0.15, -0.1) is 0 Å². The number of aromatic nitrogens is 1. The van der Waals surface area contributed by atoms with Crippen molar-refractivity contribution in [1.82, 2.24) is 5.16 Å². The molecule has 0 aliphatic rings. The molecular weight excluding hydrogens is 378 g/mol. The number of anilines is 2. The van der Waals surface area contributed by atoms with E-state index in [1.807, 2.05) is 36.4 Å². The van der Waals surface area contributed by atoms with Gasteiger partial charge in [-0.2, -0.15) is 0 Å². The molecule has 3 aromatic carbocycles. The maximum atomic E-state index is 12.9. The second-order valence-electron chi connectivity index (χ2n) is 6.68. The van der Waals surface area contributed by atoms with E-state index < -0.39 is 0 Å². The van der Waals surface area contributed by atoms with Crippen LogP contribution in [0.25, 0.3) is 11.3 Å². The predicted octanol–water partition coefficient (Wildman–Crippen LogP) is 5.15. The second kappa shape index (κ2) is 8.45. The van der Waals surface area contributed by atoms with Crippen LogP contribution in [0.5, 0.6) is 0 Å². The summed E-state index contributed by atoms with van der Waals surface area (Å²) in [6.45, 7) is 1.70. The monoisotopic (exact) mass is 397 g/mol. The van der Waals surface area contributed by atoms with Gasteiger partial charge < -0.3 is 15.2 Å². The van der Waals surface area contributed by atoms with Gasteiger partial charge in [-0.3, -0.25) is 9.59 Å². The van der Waals surface area contributed by atoms with E-state index in [0.29, 0.717) is 34.0 Å². The highest BCUT2D eigenvalue weighted by Gasteiger charge is 2.21. The van der Waals surface area contributed by atoms with Crippen LogP contribution in [0.4, 0.5) is 11.4 Å². The molecule has 1 aromatic heterocycles. The highest BCUT2D eigenvalue weighted by atomic mass is 16.5. The lowest BCUT2D eigenvalue weighted by atomic mass is 10.1. The van der Waals surface area contributed by atoms with Crippen LogP contribution in [0, 0.1) is 6.92 Å². The van der Waals surface area contributed by atoms with Gasteiger partial charge >= 0.3 is 0 Å². The van der Waals surface area contributed by atoms with Crippen molar-refractivity contribution in [2.45, 2.75) is 6.92 Å². The highest BCUT2D eigenvalue weighted by molar-refractivity contribution is 6.09. The lowest BCUT2D eigenvalue weighted by Gasteiger charge is -2.09. The number of hydrogen-bond acceptors (Lipinski definition) is 4. The zero-order chi connectivity index (χ0) is 20.9. The minimum absolute atomic E-state index is 0.222. The number of carbonyl (C=O) groups excluding carboxylic acids is 2. The Labute approximate surface area is 173 Å². The van der Waals surface area contributed by atoms with E-state index >= 15 is 0 Å². The fourth-order valence-electron chi connectivity index (χ4n) is 3.09. The summed E-state index contributed by atoms with van der Waals surface area (Å²) in [5.41, 5.74) is 3.33. The van der Waals surface area contributed by atoms with E-state index in [4.69, 9.17) is 4.52 Å². The first-order chi connectivity index (χ1) is 14.6. The van der Waals surface area contributed by atoms with E-state index in [1.165, 1.54) is 0 Å². The van der Waals surface area contributed by atoms with Crippen molar-refractivity contribution in [2.75, 3.05) is 10.6 Å². The number of hydrogen-bond donors (Lipinski definition) is 2. The largest absolute Gasteiger partial charge is 0.360 e. The summed E-state index contributed by atoms with van der Waals surface area (Å²) in [5.74, 6) is -0.126. The van der Waals surface area contributed by atoms with Gasteiger partial charge in [0.15, 0.2) is 0 Å². The normalized spacial score (nSPS) is 10.4. The number of nitrogens with zero attached hydrogens (tertiary/aromatic N) is 1. The fraction of sp³-hybridized carbons (Fsp3) is 0.0417. The molecule has 4 rings (SSSR count). The van der Waals surface area contributed by atoms with E-state index in [1.54, 1.807) is 55.5 Å². The SMILES string of the molecule is Cc1onc(-c2ccccc2)c1C(=O)Nc1cccc(NC(=O)c2ccccc2)c1. The summed E-state index contributed by atoms with van der Waals surface area (Å²) < 4.78 is 5.27. The Bertz CT molecular complexity index is 1180. The van der Waals surface area contributed by atoms with Gasteiger partial charge in [0, 0.05) is 22.5 Å². The molecule has 30 heavy (non-hydrogen) atoms. The molecule has 0 saturated carbocycles. The summed E-state index contributed by atoms with van der Waals surface area (Å²) in [6, 6.07) is 25.3. The number of aryl methyl sites for hydroxylation is 1. The van der Waals surface area contributed by atoms with Gasteiger partial charge in [-0.25, -0.2) is 0 Å². The van der Waals surface area contributed by atoms with Gasteiger partial charge in [0.25, 0.3) is 11.8 Å². The van der Waals surface area contributed by atoms with Gasteiger partial charge in [-0.1, -0.05) is 59.8 Å².